The normalized spacial score (nSPS) is 11.7. The number of nitrogens with zero attached hydrogens (tertiary/aromatic N) is 3. The molecule has 4 rings (SSSR count). The zero-order valence-electron chi connectivity index (χ0n) is 19.2. The second kappa shape index (κ2) is 9.13. The lowest BCUT2D eigenvalue weighted by atomic mass is 9.84. The smallest absolute Gasteiger partial charge is 0.196 e. The van der Waals surface area contributed by atoms with E-state index in [1.165, 1.54) is 22.3 Å². The van der Waals surface area contributed by atoms with Crippen molar-refractivity contribution in [3.8, 4) is 17.1 Å². The van der Waals surface area contributed by atoms with Gasteiger partial charge in [-0.3, -0.25) is 4.57 Å². The van der Waals surface area contributed by atoms with Crippen LogP contribution in [0.2, 0.25) is 5.02 Å². The van der Waals surface area contributed by atoms with Gasteiger partial charge in [0.2, 0.25) is 0 Å². The van der Waals surface area contributed by atoms with Gasteiger partial charge in [0.25, 0.3) is 0 Å². The number of benzene rings is 3. The second-order valence-corrected chi connectivity index (χ2v) is 10.5. The number of thioether (sulfide) groups is 1. The number of aryl methyl sites for hydroxylation is 2. The number of rotatable bonds is 5. The summed E-state index contributed by atoms with van der Waals surface area (Å²) >= 11 is 7.82. The van der Waals surface area contributed by atoms with Crippen LogP contribution in [0.25, 0.3) is 17.1 Å². The minimum Gasteiger partial charge on any atom is -0.270 e. The fraction of sp³-hybridized carbons (Fsp3) is 0.259. The third-order valence-electron chi connectivity index (χ3n) is 5.66. The van der Waals surface area contributed by atoms with Crippen molar-refractivity contribution >= 4 is 23.4 Å². The van der Waals surface area contributed by atoms with Crippen molar-refractivity contribution in [1.82, 2.24) is 14.8 Å². The van der Waals surface area contributed by atoms with Crippen molar-refractivity contribution in [2.45, 2.75) is 50.9 Å². The van der Waals surface area contributed by atoms with Crippen LogP contribution in [0.1, 0.15) is 43.0 Å². The summed E-state index contributed by atoms with van der Waals surface area (Å²) in [6, 6.07) is 22.7. The number of hydrogen-bond acceptors (Lipinski definition) is 3. The van der Waals surface area contributed by atoms with Crippen LogP contribution >= 0.6 is 23.4 Å². The Kier molecular flexibility index (Phi) is 6.45. The molecule has 3 aromatic carbocycles. The van der Waals surface area contributed by atoms with Crippen LogP contribution in [0.15, 0.2) is 71.9 Å². The van der Waals surface area contributed by atoms with Crippen LogP contribution in [-0.2, 0) is 11.2 Å². The summed E-state index contributed by atoms with van der Waals surface area (Å²) in [5.41, 5.74) is 7.55. The molecule has 0 radical (unpaired) electrons. The second-order valence-electron chi connectivity index (χ2n) is 9.11. The Balaban J connectivity index is 1.70. The fourth-order valence-corrected chi connectivity index (χ4v) is 5.02. The molecule has 0 N–H and O–H groups in total. The van der Waals surface area contributed by atoms with E-state index in [-0.39, 0.29) is 5.41 Å². The topological polar surface area (TPSA) is 30.7 Å². The van der Waals surface area contributed by atoms with E-state index in [2.05, 4.69) is 73.6 Å². The van der Waals surface area contributed by atoms with E-state index in [0.717, 1.165) is 28.0 Å². The third-order valence-corrected chi connectivity index (χ3v) is 6.87. The van der Waals surface area contributed by atoms with Crippen LogP contribution in [0.4, 0.5) is 0 Å². The molecule has 5 heteroatoms. The van der Waals surface area contributed by atoms with E-state index in [4.69, 9.17) is 11.6 Å². The van der Waals surface area contributed by atoms with Crippen molar-refractivity contribution in [3.05, 3.63) is 94.0 Å². The van der Waals surface area contributed by atoms with Crippen molar-refractivity contribution in [2.24, 2.45) is 0 Å². The molecule has 164 valence electrons. The molecular formula is C27H28ClN3S. The Hall–Kier alpha value is -2.56. The van der Waals surface area contributed by atoms with Gasteiger partial charge in [0.1, 0.15) is 0 Å². The number of para-hydroxylation sites is 1. The first-order valence-corrected chi connectivity index (χ1v) is 12.1. The molecule has 0 fully saturated rings. The molecule has 0 bridgehead atoms. The lowest BCUT2D eigenvalue weighted by Crippen LogP contribution is -2.12. The van der Waals surface area contributed by atoms with Crippen LogP contribution in [-0.4, -0.2) is 14.8 Å². The molecule has 0 spiro atoms. The lowest BCUT2D eigenvalue weighted by molar-refractivity contribution is 0.589. The molecule has 0 unspecified atom stereocenters. The van der Waals surface area contributed by atoms with E-state index >= 15 is 0 Å². The molecule has 0 aliphatic heterocycles. The summed E-state index contributed by atoms with van der Waals surface area (Å²) in [5.74, 6) is 1.65. The van der Waals surface area contributed by atoms with Crippen LogP contribution in [0.3, 0.4) is 0 Å². The Bertz CT molecular complexity index is 1200. The zero-order chi connectivity index (χ0) is 22.9. The molecule has 0 amide bonds. The lowest BCUT2D eigenvalue weighted by Gasteiger charge is -2.22. The van der Waals surface area contributed by atoms with Gasteiger partial charge in [-0.05, 0) is 77.9 Å². The van der Waals surface area contributed by atoms with Crippen LogP contribution in [0, 0.1) is 13.8 Å². The average molecular weight is 462 g/mol. The minimum absolute atomic E-state index is 0.141. The van der Waals surface area contributed by atoms with Crippen molar-refractivity contribution in [2.75, 3.05) is 0 Å². The number of hydrogen-bond donors (Lipinski definition) is 0. The predicted octanol–water partition coefficient (Wildman–Crippen LogP) is 7.79. The van der Waals surface area contributed by atoms with Crippen LogP contribution in [0.5, 0.6) is 0 Å². The maximum Gasteiger partial charge on any atom is 0.196 e. The minimum atomic E-state index is 0.141. The molecule has 0 aliphatic rings. The molecule has 1 heterocycles. The molecular weight excluding hydrogens is 434 g/mol. The van der Waals surface area contributed by atoms with Gasteiger partial charge in [0.15, 0.2) is 11.0 Å². The SMILES string of the molecule is Cc1cc(C(C)(C)C)cc(C)c1CSc1nnc(-c2ccc(Cl)cc2)n1-c1ccccc1. The zero-order valence-corrected chi connectivity index (χ0v) is 20.8. The highest BCUT2D eigenvalue weighted by atomic mass is 35.5. The summed E-state index contributed by atoms with van der Waals surface area (Å²) in [5, 5.41) is 10.7. The highest BCUT2D eigenvalue weighted by molar-refractivity contribution is 7.98. The molecule has 1 aromatic heterocycles. The summed E-state index contributed by atoms with van der Waals surface area (Å²) in [6.45, 7) is 11.2. The molecule has 4 aromatic rings. The Morgan fingerprint density at radius 2 is 1.50 bits per heavy atom. The first-order chi connectivity index (χ1) is 15.2. The predicted molar refractivity (Wildman–Crippen MR) is 136 cm³/mol. The van der Waals surface area contributed by atoms with Gasteiger partial charge in [-0.25, -0.2) is 0 Å². The van der Waals surface area contributed by atoms with Gasteiger partial charge in [-0.1, -0.05) is 74.5 Å². The molecule has 0 aliphatic carbocycles. The Morgan fingerprint density at radius 1 is 0.875 bits per heavy atom. The summed E-state index contributed by atoms with van der Waals surface area (Å²) < 4.78 is 2.13. The Morgan fingerprint density at radius 3 is 2.09 bits per heavy atom. The van der Waals surface area contributed by atoms with Gasteiger partial charge < -0.3 is 0 Å². The largest absolute Gasteiger partial charge is 0.270 e. The molecule has 3 nitrogen and oxygen atoms in total. The summed E-state index contributed by atoms with van der Waals surface area (Å²) in [7, 11) is 0. The summed E-state index contributed by atoms with van der Waals surface area (Å²) in [6.07, 6.45) is 0. The maximum absolute atomic E-state index is 6.10. The highest BCUT2D eigenvalue weighted by Crippen LogP contribution is 2.33. The molecule has 0 saturated carbocycles. The van der Waals surface area contributed by atoms with Gasteiger partial charge >= 0.3 is 0 Å². The third kappa shape index (κ3) is 4.77. The Labute approximate surface area is 199 Å². The monoisotopic (exact) mass is 461 g/mol. The number of aromatic nitrogens is 3. The van der Waals surface area contributed by atoms with Gasteiger partial charge in [-0.2, -0.15) is 0 Å². The van der Waals surface area contributed by atoms with Crippen molar-refractivity contribution < 1.29 is 0 Å². The quantitative estimate of drug-likeness (QED) is 0.284. The summed E-state index contributed by atoms with van der Waals surface area (Å²) in [4.78, 5) is 0. The highest BCUT2D eigenvalue weighted by Gasteiger charge is 2.19. The van der Waals surface area contributed by atoms with Gasteiger partial charge in [-0.15, -0.1) is 10.2 Å². The maximum atomic E-state index is 6.10. The van der Waals surface area contributed by atoms with Gasteiger partial charge in [0.05, 0.1) is 0 Å². The van der Waals surface area contributed by atoms with Crippen LogP contribution < -0.4 is 0 Å². The number of halogens is 1. The molecule has 0 saturated heterocycles. The molecule has 0 atom stereocenters. The van der Waals surface area contributed by atoms with E-state index < -0.39 is 0 Å². The van der Waals surface area contributed by atoms with E-state index in [9.17, 15) is 0 Å². The van der Waals surface area contributed by atoms with Gasteiger partial charge in [0, 0.05) is 22.0 Å². The van der Waals surface area contributed by atoms with Crippen molar-refractivity contribution in [1.29, 1.82) is 0 Å². The van der Waals surface area contributed by atoms with E-state index in [1.54, 1.807) is 11.8 Å². The standard InChI is InChI=1S/C27H28ClN3S/c1-18-15-21(27(3,4)5)16-19(2)24(18)17-32-26-30-29-25(20-11-13-22(28)14-12-20)31(26)23-9-7-6-8-10-23/h6-16H,17H2,1-5H3. The van der Waals surface area contributed by atoms with E-state index in [1.807, 2.05) is 42.5 Å². The van der Waals surface area contributed by atoms with Crippen molar-refractivity contribution in [3.63, 3.8) is 0 Å². The molecule has 32 heavy (non-hydrogen) atoms. The fourth-order valence-electron chi connectivity index (χ4n) is 3.75. The first-order valence-electron chi connectivity index (χ1n) is 10.7. The van der Waals surface area contributed by atoms with E-state index in [0.29, 0.717) is 5.02 Å². The average Bonchev–Trinajstić information content (AvgIpc) is 3.17. The first kappa shape index (κ1) is 22.6.